The van der Waals surface area contributed by atoms with Crippen molar-refractivity contribution >= 4 is 17.7 Å². The van der Waals surface area contributed by atoms with Crippen LogP contribution in [-0.4, -0.2) is 23.7 Å². The molecule has 100 valence electrons. The maximum absolute atomic E-state index is 13.4. The predicted octanol–water partition coefficient (Wildman–Crippen LogP) is 2.77. The molecule has 0 aliphatic heterocycles. The van der Waals surface area contributed by atoms with Gasteiger partial charge in [0.1, 0.15) is 0 Å². The second-order valence-electron chi connectivity index (χ2n) is 4.53. The molecule has 1 heterocycles. The Morgan fingerprint density at radius 3 is 2.61 bits per heavy atom. The van der Waals surface area contributed by atoms with Crippen molar-refractivity contribution in [1.29, 1.82) is 0 Å². The Labute approximate surface area is 109 Å². The molecule has 0 aliphatic rings. The summed E-state index contributed by atoms with van der Waals surface area (Å²) in [5, 5.41) is 2.39. The van der Waals surface area contributed by atoms with E-state index in [0.29, 0.717) is 0 Å². The highest BCUT2D eigenvalue weighted by Crippen LogP contribution is 2.28. The summed E-state index contributed by atoms with van der Waals surface area (Å²) in [7, 11) is 1.26. The molecule has 1 amide bonds. The molecule has 18 heavy (non-hydrogen) atoms. The minimum Gasteiger partial charge on any atom is -0.479 e. The molecule has 0 spiro atoms. The van der Waals surface area contributed by atoms with Gasteiger partial charge < -0.3 is 14.8 Å². The molecule has 0 saturated heterocycles. The Morgan fingerprint density at radius 1 is 1.50 bits per heavy atom. The van der Waals surface area contributed by atoms with E-state index in [2.05, 4.69) is 15.0 Å². The number of halogens is 2. The topological polar surface area (TPSA) is 60.5 Å². The van der Waals surface area contributed by atoms with Gasteiger partial charge in [-0.2, -0.15) is 4.98 Å². The van der Waals surface area contributed by atoms with E-state index in [1.165, 1.54) is 7.11 Å². The number of amides is 1. The summed E-state index contributed by atoms with van der Waals surface area (Å²) in [6.45, 7) is 5.34. The maximum Gasteiger partial charge on any atom is 0.413 e. The van der Waals surface area contributed by atoms with Crippen molar-refractivity contribution < 1.29 is 18.7 Å². The normalized spacial score (nSPS) is 11.0. The van der Waals surface area contributed by atoms with Crippen LogP contribution in [0.15, 0.2) is 6.07 Å². The molecule has 1 N–H and O–H groups in total. The number of carbonyl (C=O) groups is 1. The Kier molecular flexibility index (Phi) is 4.34. The van der Waals surface area contributed by atoms with Gasteiger partial charge in [0.25, 0.3) is 5.88 Å². The standard InChI is InChI=1S/C11H14ClFN2O3/c1-11(2,3)15-10(16)18-7-5-6(13)9(17-4)14-8(7)12/h5H,1-4H3,(H,15,16). The second-order valence-corrected chi connectivity index (χ2v) is 4.89. The number of rotatable bonds is 2. The third kappa shape index (κ3) is 4.03. The molecule has 0 unspecified atom stereocenters. The highest BCUT2D eigenvalue weighted by molar-refractivity contribution is 6.31. The fourth-order valence-corrected chi connectivity index (χ4v) is 1.25. The van der Waals surface area contributed by atoms with Gasteiger partial charge in [0.15, 0.2) is 16.7 Å². The van der Waals surface area contributed by atoms with E-state index in [4.69, 9.17) is 16.3 Å². The Bertz CT molecular complexity index is 460. The molecular weight excluding hydrogens is 263 g/mol. The van der Waals surface area contributed by atoms with Gasteiger partial charge >= 0.3 is 6.09 Å². The number of pyridine rings is 1. The zero-order valence-corrected chi connectivity index (χ0v) is 11.3. The molecule has 0 bridgehead atoms. The second kappa shape index (κ2) is 5.39. The molecule has 0 aromatic carbocycles. The Balaban J connectivity index is 2.86. The van der Waals surface area contributed by atoms with Gasteiger partial charge in [-0.3, -0.25) is 0 Å². The van der Waals surface area contributed by atoms with Gasteiger partial charge in [-0.1, -0.05) is 11.6 Å². The number of methoxy groups -OCH3 is 1. The van der Waals surface area contributed by atoms with Gasteiger partial charge in [0.05, 0.1) is 7.11 Å². The van der Waals surface area contributed by atoms with Crippen LogP contribution in [0.2, 0.25) is 5.15 Å². The number of nitrogens with zero attached hydrogens (tertiary/aromatic N) is 1. The molecule has 0 radical (unpaired) electrons. The lowest BCUT2D eigenvalue weighted by Gasteiger charge is -2.20. The van der Waals surface area contributed by atoms with E-state index in [1.54, 1.807) is 20.8 Å². The number of carbonyl (C=O) groups excluding carboxylic acids is 1. The van der Waals surface area contributed by atoms with E-state index >= 15 is 0 Å². The maximum atomic E-state index is 13.4. The summed E-state index contributed by atoms with van der Waals surface area (Å²) >= 11 is 5.73. The van der Waals surface area contributed by atoms with Crippen molar-refractivity contribution in [1.82, 2.24) is 10.3 Å². The average Bonchev–Trinajstić information content (AvgIpc) is 2.20. The summed E-state index contributed by atoms with van der Waals surface area (Å²) in [6.07, 6.45) is -0.740. The smallest absolute Gasteiger partial charge is 0.413 e. The molecule has 0 saturated carbocycles. The van der Waals surface area contributed by atoms with Crippen molar-refractivity contribution in [3.8, 4) is 11.6 Å². The van der Waals surface area contributed by atoms with Crippen LogP contribution >= 0.6 is 11.6 Å². The molecule has 0 fully saturated rings. The minimum absolute atomic E-state index is 0.155. The number of hydrogen-bond donors (Lipinski definition) is 1. The largest absolute Gasteiger partial charge is 0.479 e. The van der Waals surface area contributed by atoms with E-state index < -0.39 is 17.4 Å². The van der Waals surface area contributed by atoms with Crippen LogP contribution in [0.1, 0.15) is 20.8 Å². The first-order valence-electron chi connectivity index (χ1n) is 5.13. The van der Waals surface area contributed by atoms with Crippen LogP contribution in [0.3, 0.4) is 0 Å². The molecule has 1 aromatic heterocycles. The van der Waals surface area contributed by atoms with Gasteiger partial charge in [0, 0.05) is 11.6 Å². The molecule has 5 nitrogen and oxygen atoms in total. The number of nitrogens with one attached hydrogen (secondary N) is 1. The van der Waals surface area contributed by atoms with Gasteiger partial charge in [0.2, 0.25) is 0 Å². The highest BCUT2D eigenvalue weighted by Gasteiger charge is 2.18. The molecule has 1 aromatic rings. The van der Waals surface area contributed by atoms with Crippen molar-refractivity contribution in [3.05, 3.63) is 17.0 Å². The van der Waals surface area contributed by atoms with Gasteiger partial charge in [-0.25, -0.2) is 9.18 Å². The minimum atomic E-state index is -0.763. The van der Waals surface area contributed by atoms with Crippen molar-refractivity contribution in [2.24, 2.45) is 0 Å². The van der Waals surface area contributed by atoms with Crippen LogP contribution in [0.4, 0.5) is 9.18 Å². The third-order valence-corrected chi connectivity index (χ3v) is 2.01. The van der Waals surface area contributed by atoms with Gasteiger partial charge in [-0.15, -0.1) is 0 Å². The van der Waals surface area contributed by atoms with Crippen LogP contribution in [0.25, 0.3) is 0 Å². The van der Waals surface area contributed by atoms with Crippen LogP contribution < -0.4 is 14.8 Å². The summed E-state index contributed by atoms with van der Waals surface area (Å²) in [5.74, 6) is -1.19. The average molecular weight is 277 g/mol. The monoisotopic (exact) mass is 276 g/mol. The van der Waals surface area contributed by atoms with Crippen LogP contribution in [-0.2, 0) is 0 Å². The number of aromatic nitrogens is 1. The lowest BCUT2D eigenvalue weighted by molar-refractivity contribution is 0.190. The quantitative estimate of drug-likeness (QED) is 0.844. The van der Waals surface area contributed by atoms with E-state index in [-0.39, 0.29) is 16.8 Å². The first kappa shape index (κ1) is 14.5. The summed E-state index contributed by atoms with van der Waals surface area (Å²) in [4.78, 5) is 15.1. The fourth-order valence-electron chi connectivity index (χ4n) is 1.08. The van der Waals surface area contributed by atoms with Crippen molar-refractivity contribution in [2.75, 3.05) is 7.11 Å². The summed E-state index contributed by atoms with van der Waals surface area (Å²) < 4.78 is 22.9. The zero-order chi connectivity index (χ0) is 13.9. The highest BCUT2D eigenvalue weighted by atomic mass is 35.5. The molecule has 0 aliphatic carbocycles. The van der Waals surface area contributed by atoms with Crippen LogP contribution in [0, 0.1) is 5.82 Å². The van der Waals surface area contributed by atoms with Crippen molar-refractivity contribution in [3.63, 3.8) is 0 Å². The predicted molar refractivity (Wildman–Crippen MR) is 64.7 cm³/mol. The van der Waals surface area contributed by atoms with E-state index in [9.17, 15) is 9.18 Å². The third-order valence-electron chi connectivity index (χ3n) is 1.74. The first-order valence-corrected chi connectivity index (χ1v) is 5.51. The number of hydrogen-bond acceptors (Lipinski definition) is 4. The fraction of sp³-hybridized carbons (Fsp3) is 0.455. The Morgan fingerprint density at radius 2 is 2.11 bits per heavy atom. The molecule has 1 rings (SSSR count). The SMILES string of the molecule is COc1nc(Cl)c(OC(=O)NC(C)(C)C)cc1F. The lowest BCUT2D eigenvalue weighted by Crippen LogP contribution is -2.42. The van der Waals surface area contributed by atoms with E-state index in [0.717, 1.165) is 6.07 Å². The first-order chi connectivity index (χ1) is 8.23. The Hall–Kier alpha value is -1.56. The zero-order valence-electron chi connectivity index (χ0n) is 10.5. The summed E-state index contributed by atoms with van der Waals surface area (Å²) in [6, 6.07) is 0.941. The van der Waals surface area contributed by atoms with Crippen LogP contribution in [0.5, 0.6) is 11.6 Å². The van der Waals surface area contributed by atoms with Gasteiger partial charge in [-0.05, 0) is 20.8 Å². The number of ether oxygens (including phenoxy) is 2. The lowest BCUT2D eigenvalue weighted by atomic mass is 10.1. The molecule has 7 heteroatoms. The summed E-state index contributed by atoms with van der Waals surface area (Å²) in [5.41, 5.74) is -0.470. The molecule has 0 atom stereocenters. The van der Waals surface area contributed by atoms with E-state index in [1.807, 2.05) is 0 Å². The molecular formula is C11H14ClFN2O3. The van der Waals surface area contributed by atoms with Crippen molar-refractivity contribution in [2.45, 2.75) is 26.3 Å².